The molecule has 96 valence electrons. The van der Waals surface area contributed by atoms with Crippen LogP contribution in [-0.2, 0) is 6.42 Å². The molecule has 0 spiro atoms. The van der Waals surface area contributed by atoms with Crippen LogP contribution in [0.2, 0.25) is 0 Å². The average molecular weight is 236 g/mol. The molecule has 17 heavy (non-hydrogen) atoms. The maximum atomic E-state index is 4.54. The number of hydrogen-bond acceptors (Lipinski definition) is 4. The third-order valence-electron chi connectivity index (χ3n) is 2.84. The third kappa shape index (κ3) is 4.21. The van der Waals surface area contributed by atoms with Crippen molar-refractivity contribution < 1.29 is 0 Å². The zero-order valence-corrected chi connectivity index (χ0v) is 11.4. The lowest BCUT2D eigenvalue weighted by Gasteiger charge is -2.16. The molecule has 0 aromatic carbocycles. The maximum Gasteiger partial charge on any atom is 0.133 e. The van der Waals surface area contributed by atoms with Gasteiger partial charge >= 0.3 is 0 Å². The smallest absolute Gasteiger partial charge is 0.133 e. The first-order valence-corrected chi connectivity index (χ1v) is 6.55. The van der Waals surface area contributed by atoms with Crippen molar-refractivity contribution in [1.29, 1.82) is 0 Å². The molecule has 0 unspecified atom stereocenters. The summed E-state index contributed by atoms with van der Waals surface area (Å²) in [5, 5.41) is 6.55. The van der Waals surface area contributed by atoms with Gasteiger partial charge in [0.05, 0.1) is 0 Å². The van der Waals surface area contributed by atoms with E-state index < -0.39 is 0 Å². The highest BCUT2D eigenvalue weighted by atomic mass is 15.1. The van der Waals surface area contributed by atoms with Crippen LogP contribution in [0.5, 0.6) is 0 Å². The minimum atomic E-state index is 0.490. The lowest BCUT2D eigenvalue weighted by Crippen LogP contribution is -2.18. The second-order valence-corrected chi connectivity index (χ2v) is 4.21. The molecule has 2 N–H and O–H groups in total. The predicted molar refractivity (Wildman–Crippen MR) is 73.6 cm³/mol. The highest BCUT2D eigenvalue weighted by Crippen LogP contribution is 2.14. The Kier molecular flexibility index (Phi) is 5.73. The van der Waals surface area contributed by atoms with Gasteiger partial charge in [-0.25, -0.2) is 9.97 Å². The average Bonchev–Trinajstić information content (AvgIpc) is 2.36. The van der Waals surface area contributed by atoms with E-state index in [4.69, 9.17) is 0 Å². The van der Waals surface area contributed by atoms with Crippen LogP contribution in [0.3, 0.4) is 0 Å². The first-order valence-electron chi connectivity index (χ1n) is 6.55. The molecular formula is C13H24N4. The number of nitrogens with zero attached hydrogens (tertiary/aromatic N) is 2. The van der Waals surface area contributed by atoms with Gasteiger partial charge in [-0.3, -0.25) is 0 Å². The van der Waals surface area contributed by atoms with E-state index >= 15 is 0 Å². The van der Waals surface area contributed by atoms with Crippen molar-refractivity contribution in [2.45, 2.75) is 52.5 Å². The van der Waals surface area contributed by atoms with Crippen LogP contribution in [0.4, 0.5) is 11.6 Å². The number of hydrogen-bond donors (Lipinski definition) is 2. The van der Waals surface area contributed by atoms with Crippen LogP contribution in [0.15, 0.2) is 6.07 Å². The Morgan fingerprint density at radius 1 is 1.12 bits per heavy atom. The number of nitrogens with one attached hydrogen (secondary N) is 2. The molecular weight excluding hydrogens is 212 g/mol. The number of anilines is 2. The number of aryl methyl sites for hydroxylation is 1. The van der Waals surface area contributed by atoms with Gasteiger partial charge in [-0.15, -0.1) is 0 Å². The van der Waals surface area contributed by atoms with Crippen molar-refractivity contribution in [2.24, 2.45) is 0 Å². The Balaban J connectivity index is 2.85. The van der Waals surface area contributed by atoms with Crippen molar-refractivity contribution in [1.82, 2.24) is 9.97 Å². The second-order valence-electron chi connectivity index (χ2n) is 4.21. The van der Waals surface area contributed by atoms with E-state index in [0.717, 1.165) is 43.1 Å². The summed E-state index contributed by atoms with van der Waals surface area (Å²) >= 11 is 0. The Hall–Kier alpha value is -1.32. The molecule has 1 aromatic rings. The zero-order chi connectivity index (χ0) is 12.7. The molecule has 0 fully saturated rings. The van der Waals surface area contributed by atoms with Crippen molar-refractivity contribution >= 4 is 11.6 Å². The highest BCUT2D eigenvalue weighted by Gasteiger charge is 2.07. The normalized spacial score (nSPS) is 10.6. The minimum Gasteiger partial charge on any atom is -0.373 e. The Morgan fingerprint density at radius 2 is 1.76 bits per heavy atom. The van der Waals surface area contributed by atoms with Gasteiger partial charge in [-0.2, -0.15) is 0 Å². The van der Waals surface area contributed by atoms with Gasteiger partial charge in [0.15, 0.2) is 0 Å². The molecule has 4 heteroatoms. The Bertz CT molecular complexity index is 334. The summed E-state index contributed by atoms with van der Waals surface area (Å²) in [5.41, 5.74) is 0. The molecule has 0 bridgehead atoms. The molecule has 0 aliphatic rings. The van der Waals surface area contributed by atoms with Gasteiger partial charge in [0.2, 0.25) is 0 Å². The summed E-state index contributed by atoms with van der Waals surface area (Å²) < 4.78 is 0. The molecule has 1 rings (SSSR count). The molecule has 0 saturated carbocycles. The highest BCUT2D eigenvalue weighted by molar-refractivity contribution is 5.47. The van der Waals surface area contributed by atoms with Crippen molar-refractivity contribution in [3.8, 4) is 0 Å². The van der Waals surface area contributed by atoms with E-state index in [1.54, 1.807) is 0 Å². The standard InChI is InChI=1S/C13H24N4/c1-5-8-11-16-12(14-4)9-13(17-11)15-10(6-2)7-3/h9-10H,5-8H2,1-4H3,(H2,14,15,16,17). The van der Waals surface area contributed by atoms with Gasteiger partial charge in [0.25, 0.3) is 0 Å². The van der Waals surface area contributed by atoms with Gasteiger partial charge in [0.1, 0.15) is 17.5 Å². The monoisotopic (exact) mass is 236 g/mol. The summed E-state index contributed by atoms with van der Waals surface area (Å²) in [6.07, 6.45) is 4.21. The fraction of sp³-hybridized carbons (Fsp3) is 0.692. The van der Waals surface area contributed by atoms with Gasteiger partial charge in [-0.1, -0.05) is 20.8 Å². The Labute approximate surface area is 104 Å². The molecule has 0 amide bonds. The molecule has 0 atom stereocenters. The summed E-state index contributed by atoms with van der Waals surface area (Å²) in [4.78, 5) is 8.98. The van der Waals surface area contributed by atoms with E-state index in [-0.39, 0.29) is 0 Å². The fourth-order valence-corrected chi connectivity index (χ4v) is 1.74. The van der Waals surface area contributed by atoms with Crippen LogP contribution in [-0.4, -0.2) is 23.1 Å². The number of aromatic nitrogens is 2. The SMILES string of the molecule is CCCc1nc(NC)cc(NC(CC)CC)n1. The fourth-order valence-electron chi connectivity index (χ4n) is 1.74. The van der Waals surface area contributed by atoms with Crippen LogP contribution < -0.4 is 10.6 Å². The van der Waals surface area contributed by atoms with Crippen LogP contribution in [0, 0.1) is 0 Å². The van der Waals surface area contributed by atoms with Crippen molar-refractivity contribution in [3.05, 3.63) is 11.9 Å². The molecule has 4 nitrogen and oxygen atoms in total. The molecule has 0 radical (unpaired) electrons. The Morgan fingerprint density at radius 3 is 2.29 bits per heavy atom. The van der Waals surface area contributed by atoms with E-state index in [0.29, 0.717) is 6.04 Å². The lowest BCUT2D eigenvalue weighted by atomic mass is 10.2. The van der Waals surface area contributed by atoms with Crippen LogP contribution >= 0.6 is 0 Å². The van der Waals surface area contributed by atoms with Crippen molar-refractivity contribution in [3.63, 3.8) is 0 Å². The van der Waals surface area contributed by atoms with Gasteiger partial charge < -0.3 is 10.6 Å². The molecule has 1 aromatic heterocycles. The zero-order valence-electron chi connectivity index (χ0n) is 11.4. The second kappa shape index (κ2) is 7.09. The topological polar surface area (TPSA) is 49.8 Å². The summed E-state index contributed by atoms with van der Waals surface area (Å²) in [6, 6.07) is 2.46. The van der Waals surface area contributed by atoms with E-state index in [1.807, 2.05) is 13.1 Å². The van der Waals surface area contributed by atoms with Gasteiger partial charge in [0, 0.05) is 25.6 Å². The summed E-state index contributed by atoms with van der Waals surface area (Å²) in [7, 11) is 1.89. The van der Waals surface area contributed by atoms with Crippen LogP contribution in [0.1, 0.15) is 45.9 Å². The number of rotatable bonds is 7. The first-order chi connectivity index (χ1) is 8.23. The maximum absolute atomic E-state index is 4.54. The van der Waals surface area contributed by atoms with Crippen LogP contribution in [0.25, 0.3) is 0 Å². The lowest BCUT2D eigenvalue weighted by molar-refractivity contribution is 0.666. The summed E-state index contributed by atoms with van der Waals surface area (Å²) in [5.74, 6) is 2.73. The minimum absolute atomic E-state index is 0.490. The third-order valence-corrected chi connectivity index (χ3v) is 2.84. The molecule has 0 aliphatic carbocycles. The predicted octanol–water partition coefficient (Wildman–Crippen LogP) is 3.07. The largest absolute Gasteiger partial charge is 0.373 e. The molecule has 0 aliphatic heterocycles. The summed E-state index contributed by atoms with van der Waals surface area (Å²) in [6.45, 7) is 6.52. The van der Waals surface area contributed by atoms with Gasteiger partial charge in [-0.05, 0) is 19.3 Å². The molecule has 0 saturated heterocycles. The van der Waals surface area contributed by atoms with E-state index in [1.165, 1.54) is 0 Å². The van der Waals surface area contributed by atoms with E-state index in [2.05, 4.69) is 41.4 Å². The molecule has 1 heterocycles. The first kappa shape index (κ1) is 13.7. The van der Waals surface area contributed by atoms with E-state index in [9.17, 15) is 0 Å². The quantitative estimate of drug-likeness (QED) is 0.764. The van der Waals surface area contributed by atoms with Crippen molar-refractivity contribution in [2.75, 3.05) is 17.7 Å².